The molecule has 156 valence electrons. The number of carbonyl (C=O) groups excluding carboxylic acids is 2. The Kier molecular flexibility index (Phi) is 6.85. The highest BCUT2D eigenvalue weighted by atomic mass is 16.5. The zero-order valence-electron chi connectivity index (χ0n) is 17.3. The molecule has 0 aliphatic heterocycles. The Morgan fingerprint density at radius 1 is 1.10 bits per heavy atom. The highest BCUT2D eigenvalue weighted by Gasteiger charge is 2.18. The highest BCUT2D eigenvalue weighted by molar-refractivity contribution is 6.08. The van der Waals surface area contributed by atoms with Crippen LogP contribution in [-0.2, 0) is 4.74 Å². The summed E-state index contributed by atoms with van der Waals surface area (Å²) in [6.07, 6.45) is 3.21. The van der Waals surface area contributed by atoms with E-state index in [1.54, 1.807) is 32.4 Å². The topological polar surface area (TPSA) is 89.5 Å². The number of nitrogens with zero attached hydrogens (tertiary/aromatic N) is 1. The first-order valence-electron chi connectivity index (χ1n) is 9.80. The third kappa shape index (κ3) is 4.68. The van der Waals surface area contributed by atoms with Gasteiger partial charge in [0.2, 0.25) is 0 Å². The number of ether oxygens (including phenoxy) is 2. The summed E-state index contributed by atoms with van der Waals surface area (Å²) in [7, 11) is 3.17. The second-order valence-electron chi connectivity index (χ2n) is 6.70. The van der Waals surface area contributed by atoms with Crippen molar-refractivity contribution >= 4 is 34.2 Å². The molecule has 2 aromatic carbocycles. The van der Waals surface area contributed by atoms with Crippen LogP contribution in [0.25, 0.3) is 10.9 Å². The Morgan fingerprint density at radius 2 is 1.87 bits per heavy atom. The van der Waals surface area contributed by atoms with Gasteiger partial charge in [-0.3, -0.25) is 9.78 Å². The number of amides is 1. The summed E-state index contributed by atoms with van der Waals surface area (Å²) in [5, 5.41) is 6.56. The van der Waals surface area contributed by atoms with Crippen LogP contribution in [0.1, 0.15) is 40.5 Å². The second-order valence-corrected chi connectivity index (χ2v) is 6.70. The number of rotatable bonds is 8. The molecule has 3 rings (SSSR count). The molecule has 0 atom stereocenters. The Bertz CT molecular complexity index is 1050. The minimum absolute atomic E-state index is 0.219. The number of hydrogen-bond donors (Lipinski definition) is 2. The summed E-state index contributed by atoms with van der Waals surface area (Å²) >= 11 is 0. The third-order valence-corrected chi connectivity index (χ3v) is 4.67. The van der Waals surface area contributed by atoms with Crippen molar-refractivity contribution < 1.29 is 19.1 Å². The zero-order valence-corrected chi connectivity index (χ0v) is 17.3. The minimum atomic E-state index is -0.459. The standard InChI is InChI=1S/C23H25N3O4/c1-4-5-12-30-23(28)19-14-25-20-11-6-15(22(27)24-2)13-18(20)21(19)26-16-7-9-17(29-3)10-8-16/h6-11,13-14H,4-5,12H2,1-3H3,(H,24,27)(H,25,26). The fraction of sp³-hybridized carbons (Fsp3) is 0.261. The quantitative estimate of drug-likeness (QED) is 0.427. The number of carbonyl (C=O) groups is 2. The van der Waals surface area contributed by atoms with Crippen molar-refractivity contribution in [2.75, 3.05) is 26.1 Å². The molecule has 1 amide bonds. The molecule has 7 heteroatoms. The number of anilines is 2. The van der Waals surface area contributed by atoms with Crippen LogP contribution < -0.4 is 15.4 Å². The summed E-state index contributed by atoms with van der Waals surface area (Å²) in [6, 6.07) is 12.5. The molecular weight excluding hydrogens is 382 g/mol. The van der Waals surface area contributed by atoms with Gasteiger partial charge in [0.1, 0.15) is 11.3 Å². The Balaban J connectivity index is 2.09. The van der Waals surface area contributed by atoms with E-state index in [1.165, 1.54) is 6.20 Å². The molecule has 3 aromatic rings. The lowest BCUT2D eigenvalue weighted by Gasteiger charge is -2.15. The first-order chi connectivity index (χ1) is 14.6. The maximum absolute atomic E-state index is 12.7. The summed E-state index contributed by atoms with van der Waals surface area (Å²) in [6.45, 7) is 2.37. The third-order valence-electron chi connectivity index (χ3n) is 4.67. The van der Waals surface area contributed by atoms with Crippen LogP contribution in [0.15, 0.2) is 48.7 Å². The van der Waals surface area contributed by atoms with Gasteiger partial charge < -0.3 is 20.1 Å². The van der Waals surface area contributed by atoms with Crippen molar-refractivity contribution in [1.82, 2.24) is 10.3 Å². The highest BCUT2D eigenvalue weighted by Crippen LogP contribution is 2.31. The summed E-state index contributed by atoms with van der Waals surface area (Å²) in [4.78, 5) is 29.3. The van der Waals surface area contributed by atoms with Gasteiger partial charge in [-0.25, -0.2) is 4.79 Å². The monoisotopic (exact) mass is 407 g/mol. The lowest BCUT2D eigenvalue weighted by atomic mass is 10.1. The van der Waals surface area contributed by atoms with Crippen LogP contribution in [0.5, 0.6) is 5.75 Å². The first kappa shape index (κ1) is 21.1. The van der Waals surface area contributed by atoms with Gasteiger partial charge in [0.25, 0.3) is 5.91 Å². The van der Waals surface area contributed by atoms with Crippen LogP contribution >= 0.6 is 0 Å². The summed E-state index contributed by atoms with van der Waals surface area (Å²) in [5.41, 5.74) is 2.74. The van der Waals surface area contributed by atoms with Crippen LogP contribution in [0.2, 0.25) is 0 Å². The van der Waals surface area contributed by atoms with E-state index in [0.29, 0.717) is 34.3 Å². The number of nitrogens with one attached hydrogen (secondary N) is 2. The molecule has 30 heavy (non-hydrogen) atoms. The van der Waals surface area contributed by atoms with Gasteiger partial charge in [-0.15, -0.1) is 0 Å². The van der Waals surface area contributed by atoms with Gasteiger partial charge in [0.15, 0.2) is 0 Å². The van der Waals surface area contributed by atoms with Crippen LogP contribution in [0, 0.1) is 0 Å². The molecular formula is C23H25N3O4. The van der Waals surface area contributed by atoms with Gasteiger partial charge in [-0.2, -0.15) is 0 Å². The zero-order chi connectivity index (χ0) is 21.5. The molecule has 0 saturated heterocycles. The molecule has 7 nitrogen and oxygen atoms in total. The number of unbranched alkanes of at least 4 members (excludes halogenated alkanes) is 1. The Labute approximate surface area is 175 Å². The smallest absolute Gasteiger partial charge is 0.341 e. The van der Waals surface area contributed by atoms with Gasteiger partial charge >= 0.3 is 5.97 Å². The first-order valence-corrected chi connectivity index (χ1v) is 9.80. The maximum Gasteiger partial charge on any atom is 0.341 e. The predicted octanol–water partition coefficient (Wildman–Crippen LogP) is 4.30. The van der Waals surface area contributed by atoms with Crippen LogP contribution in [-0.4, -0.2) is 37.6 Å². The average molecular weight is 407 g/mol. The second kappa shape index (κ2) is 9.73. The normalized spacial score (nSPS) is 10.5. The maximum atomic E-state index is 12.7. The summed E-state index contributed by atoms with van der Waals surface area (Å²) < 4.78 is 10.6. The van der Waals surface area contributed by atoms with E-state index in [0.717, 1.165) is 24.3 Å². The van der Waals surface area contributed by atoms with Gasteiger partial charge in [-0.05, 0) is 48.9 Å². The summed E-state index contributed by atoms with van der Waals surface area (Å²) in [5.74, 6) is 0.0451. The SMILES string of the molecule is CCCCOC(=O)c1cnc2ccc(C(=O)NC)cc2c1Nc1ccc(OC)cc1. The average Bonchev–Trinajstić information content (AvgIpc) is 2.79. The molecule has 0 spiro atoms. The molecule has 1 heterocycles. The Morgan fingerprint density at radius 3 is 2.53 bits per heavy atom. The lowest BCUT2D eigenvalue weighted by molar-refractivity contribution is 0.0500. The number of pyridine rings is 1. The van der Waals surface area contributed by atoms with E-state index in [9.17, 15) is 9.59 Å². The number of esters is 1. The number of aromatic nitrogens is 1. The van der Waals surface area contributed by atoms with Gasteiger partial charge in [0.05, 0.1) is 24.9 Å². The molecule has 0 fully saturated rings. The van der Waals surface area contributed by atoms with Crippen molar-refractivity contribution in [3.8, 4) is 5.75 Å². The van der Waals surface area contributed by atoms with Crippen molar-refractivity contribution in [3.63, 3.8) is 0 Å². The molecule has 0 bridgehead atoms. The van der Waals surface area contributed by atoms with E-state index in [-0.39, 0.29) is 5.91 Å². The predicted molar refractivity (Wildman–Crippen MR) is 117 cm³/mol. The van der Waals surface area contributed by atoms with E-state index in [2.05, 4.69) is 15.6 Å². The number of fused-ring (bicyclic) bond motifs is 1. The van der Waals surface area contributed by atoms with Gasteiger partial charge in [-0.1, -0.05) is 13.3 Å². The van der Waals surface area contributed by atoms with E-state index in [1.807, 2.05) is 31.2 Å². The van der Waals surface area contributed by atoms with E-state index >= 15 is 0 Å². The minimum Gasteiger partial charge on any atom is -0.497 e. The molecule has 0 aliphatic carbocycles. The van der Waals surface area contributed by atoms with Crippen molar-refractivity contribution in [3.05, 3.63) is 59.8 Å². The fourth-order valence-corrected chi connectivity index (χ4v) is 2.97. The van der Waals surface area contributed by atoms with Crippen molar-refractivity contribution in [1.29, 1.82) is 0 Å². The van der Waals surface area contributed by atoms with Gasteiger partial charge in [0, 0.05) is 29.9 Å². The largest absolute Gasteiger partial charge is 0.497 e. The van der Waals surface area contributed by atoms with Crippen LogP contribution in [0.4, 0.5) is 11.4 Å². The molecule has 0 unspecified atom stereocenters. The van der Waals surface area contributed by atoms with Crippen molar-refractivity contribution in [2.24, 2.45) is 0 Å². The number of methoxy groups -OCH3 is 1. The fourth-order valence-electron chi connectivity index (χ4n) is 2.97. The number of benzene rings is 2. The van der Waals surface area contributed by atoms with E-state index in [4.69, 9.17) is 9.47 Å². The molecule has 0 radical (unpaired) electrons. The number of hydrogen-bond acceptors (Lipinski definition) is 6. The molecule has 2 N–H and O–H groups in total. The lowest BCUT2D eigenvalue weighted by Crippen LogP contribution is -2.17. The van der Waals surface area contributed by atoms with Crippen LogP contribution in [0.3, 0.4) is 0 Å². The van der Waals surface area contributed by atoms with E-state index < -0.39 is 5.97 Å². The molecule has 1 aromatic heterocycles. The van der Waals surface area contributed by atoms with Crippen molar-refractivity contribution in [2.45, 2.75) is 19.8 Å². The molecule has 0 aliphatic rings. The Hall–Kier alpha value is -3.61. The molecule has 0 saturated carbocycles.